The minimum Gasteiger partial charge on any atom is -0.444 e. The van der Waals surface area contributed by atoms with Gasteiger partial charge < -0.3 is 10.2 Å². The molecule has 7 heteroatoms. The first-order valence-electron chi connectivity index (χ1n) is 6.26. The summed E-state index contributed by atoms with van der Waals surface area (Å²) in [6.07, 6.45) is 2.97. The number of halogens is 2. The van der Waals surface area contributed by atoms with Crippen LogP contribution in [0.3, 0.4) is 0 Å². The first-order valence-corrected chi connectivity index (χ1v) is 7.14. The number of rotatable bonds is 4. The summed E-state index contributed by atoms with van der Waals surface area (Å²) in [5.41, 5.74) is 6.71. The lowest BCUT2D eigenvalue weighted by Gasteiger charge is -2.13. The van der Waals surface area contributed by atoms with Crippen LogP contribution in [0.25, 0.3) is 10.8 Å². The summed E-state index contributed by atoms with van der Waals surface area (Å²) in [7, 11) is 0. The Hall–Kier alpha value is -0.590. The Morgan fingerprint density at radius 3 is 2.95 bits per heavy atom. The van der Waals surface area contributed by atoms with Gasteiger partial charge in [-0.05, 0) is 36.9 Å². The Labute approximate surface area is 135 Å². The van der Waals surface area contributed by atoms with Crippen molar-refractivity contribution < 1.29 is 4.42 Å². The molecule has 2 N–H and O–H groups in total. The van der Waals surface area contributed by atoms with Crippen LogP contribution in [0.1, 0.15) is 12.1 Å². The second kappa shape index (κ2) is 8.00. The van der Waals surface area contributed by atoms with Crippen LogP contribution in [0.5, 0.6) is 0 Å². The molecule has 0 aliphatic carbocycles. The third-order valence-electron chi connectivity index (χ3n) is 3.37. The van der Waals surface area contributed by atoms with Gasteiger partial charge >= 0.3 is 0 Å². The molecule has 1 saturated heterocycles. The average Bonchev–Trinajstić information content (AvgIpc) is 3.10. The maximum absolute atomic E-state index is 5.70. The first-order chi connectivity index (χ1) is 8.85. The number of thiophene rings is 1. The number of oxazole rings is 1. The van der Waals surface area contributed by atoms with Crippen molar-refractivity contribution in [2.45, 2.75) is 13.0 Å². The van der Waals surface area contributed by atoms with Gasteiger partial charge in [0.05, 0.1) is 10.6 Å². The Kier molecular flexibility index (Phi) is 6.99. The summed E-state index contributed by atoms with van der Waals surface area (Å²) in [4.78, 5) is 8.02. The van der Waals surface area contributed by atoms with Crippen LogP contribution < -0.4 is 5.73 Å². The largest absolute Gasteiger partial charge is 0.444 e. The van der Waals surface area contributed by atoms with Gasteiger partial charge in [-0.15, -0.1) is 36.2 Å². The molecule has 1 aliphatic rings. The molecule has 0 spiro atoms. The average molecular weight is 336 g/mol. The SMILES string of the molecule is Cl.Cl.NCC1CCN(Cc2coc(-c3cccs3)n2)C1. The quantitative estimate of drug-likeness (QED) is 0.932. The molecule has 1 aliphatic heterocycles. The highest BCUT2D eigenvalue weighted by Gasteiger charge is 2.22. The van der Waals surface area contributed by atoms with E-state index in [-0.39, 0.29) is 24.8 Å². The van der Waals surface area contributed by atoms with Crippen molar-refractivity contribution >= 4 is 36.2 Å². The summed E-state index contributed by atoms with van der Waals surface area (Å²) < 4.78 is 5.52. The number of nitrogens with zero attached hydrogens (tertiary/aromatic N) is 2. The fraction of sp³-hybridized carbons (Fsp3) is 0.462. The molecule has 2 aromatic rings. The van der Waals surface area contributed by atoms with Crippen molar-refractivity contribution in [3.8, 4) is 10.8 Å². The normalized spacial score (nSPS) is 18.6. The van der Waals surface area contributed by atoms with Crippen molar-refractivity contribution in [2.24, 2.45) is 11.7 Å². The Morgan fingerprint density at radius 2 is 2.30 bits per heavy atom. The van der Waals surface area contributed by atoms with E-state index in [9.17, 15) is 0 Å². The van der Waals surface area contributed by atoms with Crippen LogP contribution in [-0.4, -0.2) is 29.5 Å². The minimum absolute atomic E-state index is 0. The van der Waals surface area contributed by atoms with Crippen molar-refractivity contribution in [3.05, 3.63) is 29.5 Å². The van der Waals surface area contributed by atoms with Crippen molar-refractivity contribution in [2.75, 3.05) is 19.6 Å². The zero-order chi connectivity index (χ0) is 12.4. The van der Waals surface area contributed by atoms with Gasteiger partial charge in [0.1, 0.15) is 6.26 Å². The standard InChI is InChI=1S/C13H17N3OS.2ClH/c14-6-10-3-4-16(7-10)8-11-9-17-13(15-11)12-2-1-5-18-12;;/h1-2,5,9-10H,3-4,6-8,14H2;2*1H. The van der Waals surface area contributed by atoms with Gasteiger partial charge in [0.25, 0.3) is 0 Å². The summed E-state index contributed by atoms with van der Waals surface area (Å²) in [6, 6.07) is 4.04. The second-order valence-electron chi connectivity index (χ2n) is 4.75. The highest BCUT2D eigenvalue weighted by atomic mass is 35.5. The lowest BCUT2D eigenvalue weighted by Crippen LogP contribution is -2.22. The maximum Gasteiger partial charge on any atom is 0.236 e. The van der Waals surface area contributed by atoms with Gasteiger partial charge in [0, 0.05) is 13.1 Å². The minimum atomic E-state index is 0. The van der Waals surface area contributed by atoms with E-state index in [0.29, 0.717) is 5.92 Å². The van der Waals surface area contributed by atoms with Crippen molar-refractivity contribution in [1.82, 2.24) is 9.88 Å². The molecule has 112 valence electrons. The van der Waals surface area contributed by atoms with Gasteiger partial charge in [0.2, 0.25) is 5.89 Å². The molecule has 4 nitrogen and oxygen atoms in total. The molecule has 1 atom stereocenters. The van der Waals surface area contributed by atoms with E-state index in [4.69, 9.17) is 10.2 Å². The van der Waals surface area contributed by atoms with Crippen molar-refractivity contribution in [1.29, 1.82) is 0 Å². The Balaban J connectivity index is 0.000001000. The number of hydrogen-bond acceptors (Lipinski definition) is 5. The van der Waals surface area contributed by atoms with Crippen LogP contribution in [0, 0.1) is 5.92 Å². The van der Waals surface area contributed by atoms with E-state index >= 15 is 0 Å². The fourth-order valence-electron chi connectivity index (χ4n) is 2.37. The zero-order valence-electron chi connectivity index (χ0n) is 11.0. The molecular formula is C13H19Cl2N3OS. The third kappa shape index (κ3) is 3.96. The van der Waals surface area contributed by atoms with E-state index in [1.54, 1.807) is 17.6 Å². The molecule has 2 aromatic heterocycles. The lowest BCUT2D eigenvalue weighted by atomic mass is 10.1. The molecule has 3 heterocycles. The van der Waals surface area contributed by atoms with Gasteiger partial charge in [-0.3, -0.25) is 4.90 Å². The highest BCUT2D eigenvalue weighted by Crippen LogP contribution is 2.24. The molecule has 20 heavy (non-hydrogen) atoms. The van der Waals surface area contributed by atoms with Gasteiger partial charge in [-0.1, -0.05) is 6.07 Å². The van der Waals surface area contributed by atoms with Crippen LogP contribution in [-0.2, 0) is 6.54 Å². The molecule has 0 saturated carbocycles. The predicted octanol–water partition coefficient (Wildman–Crippen LogP) is 3.03. The number of aromatic nitrogens is 1. The monoisotopic (exact) mass is 335 g/mol. The van der Waals surface area contributed by atoms with E-state index in [1.165, 1.54) is 6.42 Å². The molecule has 0 aromatic carbocycles. The first kappa shape index (κ1) is 17.5. The van der Waals surface area contributed by atoms with Gasteiger partial charge in [-0.25, -0.2) is 4.98 Å². The fourth-order valence-corrected chi connectivity index (χ4v) is 3.03. The molecular weight excluding hydrogens is 317 g/mol. The van der Waals surface area contributed by atoms with E-state index in [2.05, 4.69) is 9.88 Å². The van der Waals surface area contributed by atoms with Crippen molar-refractivity contribution in [3.63, 3.8) is 0 Å². The van der Waals surface area contributed by atoms with Crippen LogP contribution in [0.4, 0.5) is 0 Å². The highest BCUT2D eigenvalue weighted by molar-refractivity contribution is 7.13. The van der Waals surface area contributed by atoms with E-state index in [1.807, 2.05) is 17.5 Å². The second-order valence-corrected chi connectivity index (χ2v) is 5.69. The van der Waals surface area contributed by atoms with Crippen LogP contribution in [0.15, 0.2) is 28.2 Å². The molecule has 1 unspecified atom stereocenters. The Bertz CT molecular complexity index is 503. The number of hydrogen-bond donors (Lipinski definition) is 1. The maximum atomic E-state index is 5.70. The predicted molar refractivity (Wildman–Crippen MR) is 86.8 cm³/mol. The third-order valence-corrected chi connectivity index (χ3v) is 4.23. The molecule has 1 fully saturated rings. The number of likely N-dealkylation sites (tertiary alicyclic amines) is 1. The van der Waals surface area contributed by atoms with Gasteiger partial charge in [-0.2, -0.15) is 0 Å². The Morgan fingerprint density at radius 1 is 1.45 bits per heavy atom. The molecule has 3 rings (SSSR count). The summed E-state index contributed by atoms with van der Waals surface area (Å²) in [6.45, 7) is 3.85. The molecule has 0 radical (unpaired) electrons. The van der Waals surface area contributed by atoms with Crippen LogP contribution in [0.2, 0.25) is 0 Å². The lowest BCUT2D eigenvalue weighted by molar-refractivity contribution is 0.313. The van der Waals surface area contributed by atoms with Crippen LogP contribution >= 0.6 is 36.2 Å². The van der Waals surface area contributed by atoms with E-state index < -0.39 is 0 Å². The summed E-state index contributed by atoms with van der Waals surface area (Å²) >= 11 is 1.65. The summed E-state index contributed by atoms with van der Waals surface area (Å²) in [5.74, 6) is 1.38. The summed E-state index contributed by atoms with van der Waals surface area (Å²) in [5, 5.41) is 2.03. The smallest absolute Gasteiger partial charge is 0.236 e. The zero-order valence-corrected chi connectivity index (χ0v) is 13.5. The van der Waals surface area contributed by atoms with E-state index in [0.717, 1.165) is 42.6 Å². The molecule has 0 amide bonds. The number of nitrogens with two attached hydrogens (primary N) is 1. The topological polar surface area (TPSA) is 55.3 Å². The van der Waals surface area contributed by atoms with Gasteiger partial charge in [0.15, 0.2) is 0 Å². The molecule has 0 bridgehead atoms.